The van der Waals surface area contributed by atoms with Crippen molar-refractivity contribution in [2.45, 2.75) is 52.6 Å². The number of ketones is 2. The summed E-state index contributed by atoms with van der Waals surface area (Å²) in [6.07, 6.45) is 1.38. The average Bonchev–Trinajstić information content (AvgIpc) is 3.23. The molecule has 2 atom stereocenters. The van der Waals surface area contributed by atoms with Crippen molar-refractivity contribution in [1.82, 2.24) is 0 Å². The van der Waals surface area contributed by atoms with Gasteiger partial charge in [0.15, 0.2) is 11.6 Å². The molecule has 0 aromatic heterocycles. The van der Waals surface area contributed by atoms with Gasteiger partial charge in [0.1, 0.15) is 0 Å². The number of anilines is 4. The number of aryl methyl sites for hydroxylation is 4. The predicted octanol–water partition coefficient (Wildman–Crippen LogP) is 11.0. The Morgan fingerprint density at radius 3 is 1.28 bits per heavy atom. The molecule has 5 aromatic carbocycles. The van der Waals surface area contributed by atoms with Crippen LogP contribution >= 0.6 is 46.4 Å². The van der Waals surface area contributed by atoms with Gasteiger partial charge in [-0.3, -0.25) is 28.8 Å². The van der Waals surface area contributed by atoms with Gasteiger partial charge in [0.2, 0.25) is 12.1 Å². The molecule has 4 amide bonds. The number of hydrogen-bond acceptors (Lipinski definition) is 10. The summed E-state index contributed by atoms with van der Waals surface area (Å²) >= 11 is 24.2. The van der Waals surface area contributed by atoms with E-state index in [4.69, 9.17) is 46.4 Å². The quantitative estimate of drug-likeness (QED) is 0.0382. The van der Waals surface area contributed by atoms with Gasteiger partial charge in [-0.2, -0.15) is 20.5 Å². The minimum atomic E-state index is -1.56. The van der Waals surface area contributed by atoms with Crippen LogP contribution in [-0.2, 0) is 32.0 Å². The summed E-state index contributed by atoms with van der Waals surface area (Å²) in [6, 6.07) is 23.0. The Morgan fingerprint density at radius 2 is 0.906 bits per heavy atom. The minimum Gasteiger partial charge on any atom is -0.324 e. The molecular formula is C46H42Cl4N8O6. The summed E-state index contributed by atoms with van der Waals surface area (Å²) in [4.78, 5) is 78.1. The first-order chi connectivity index (χ1) is 30.5. The molecule has 0 aliphatic rings. The first kappa shape index (κ1) is 48.7. The van der Waals surface area contributed by atoms with E-state index in [9.17, 15) is 28.8 Å². The van der Waals surface area contributed by atoms with E-state index < -0.39 is 47.3 Å². The second-order valence-corrected chi connectivity index (χ2v) is 16.1. The van der Waals surface area contributed by atoms with E-state index in [-0.39, 0.29) is 38.2 Å². The topological polar surface area (TPSA) is 200 Å². The van der Waals surface area contributed by atoms with E-state index in [2.05, 4.69) is 41.7 Å². The zero-order chi connectivity index (χ0) is 46.5. The van der Waals surface area contributed by atoms with Gasteiger partial charge in [0.05, 0.1) is 11.4 Å². The number of azo groups is 2. The van der Waals surface area contributed by atoms with Crippen LogP contribution in [0.3, 0.4) is 0 Å². The summed E-state index contributed by atoms with van der Waals surface area (Å²) in [6.45, 7) is 5.71. The lowest BCUT2D eigenvalue weighted by Crippen LogP contribution is -2.33. The molecule has 0 fully saturated rings. The lowest BCUT2D eigenvalue weighted by Gasteiger charge is -2.17. The number of nitrogens with zero attached hydrogens (tertiary/aromatic N) is 4. The highest BCUT2D eigenvalue weighted by molar-refractivity contribution is 6.31. The fourth-order valence-electron chi connectivity index (χ4n) is 6.18. The average molecular weight is 945 g/mol. The maximum atomic E-state index is 13.5. The lowest BCUT2D eigenvalue weighted by atomic mass is 10.1. The number of rotatable bonds is 18. The monoisotopic (exact) mass is 942 g/mol. The number of benzene rings is 5. The molecule has 5 aromatic rings. The van der Waals surface area contributed by atoms with Crippen molar-refractivity contribution in [3.8, 4) is 0 Å². The van der Waals surface area contributed by atoms with Gasteiger partial charge in [-0.15, -0.1) is 23.2 Å². The Bertz CT molecular complexity index is 2620. The SMILES string of the molecule is CC(=O)C(N=Nc1cc(Cl)cc(C(=O)Nc2ccc(CCCl)cc2)c1)C(=O)Nc1cc(C)c(NC(=O)C(N=Nc2cc(Cl)cc(C(=O)Nc3ccc(CCCl)cc3)c2)C(C)=O)c(C)c1. The van der Waals surface area contributed by atoms with Crippen molar-refractivity contribution in [3.05, 3.63) is 140 Å². The molecule has 0 bridgehead atoms. The number of amides is 4. The maximum absolute atomic E-state index is 13.5. The number of nitrogens with one attached hydrogen (secondary N) is 4. The zero-order valence-electron chi connectivity index (χ0n) is 35.0. The Kier molecular flexibility index (Phi) is 17.4. The molecule has 5 rings (SSSR count). The van der Waals surface area contributed by atoms with Gasteiger partial charge in [-0.05, 0) is 136 Å². The van der Waals surface area contributed by atoms with Crippen molar-refractivity contribution < 1.29 is 28.8 Å². The van der Waals surface area contributed by atoms with Crippen molar-refractivity contribution in [3.63, 3.8) is 0 Å². The maximum Gasteiger partial charge on any atom is 0.258 e. The Hall–Kier alpha value is -6.32. The molecule has 18 heteroatoms. The summed E-state index contributed by atoms with van der Waals surface area (Å²) in [7, 11) is 0. The van der Waals surface area contributed by atoms with Crippen LogP contribution < -0.4 is 21.3 Å². The minimum absolute atomic E-state index is 0.130. The van der Waals surface area contributed by atoms with E-state index in [1.165, 1.54) is 50.2 Å². The third-order valence-corrected chi connectivity index (χ3v) is 10.2. The molecule has 4 N–H and O–H groups in total. The van der Waals surface area contributed by atoms with Crippen LogP contribution in [0.25, 0.3) is 0 Å². The van der Waals surface area contributed by atoms with Crippen LogP contribution in [0.2, 0.25) is 10.0 Å². The standard InChI is InChI=1S/C46H42Cl4N8O6/c1-25-17-37(53-45(63)41(27(3)59)57-55-38-21-31(19-33(49)23-38)43(61)51-35-9-5-29(6-10-35)13-15-47)18-26(2)40(25)54-46(64)42(28(4)60)58-56-39-22-32(20-34(50)24-39)44(62)52-36-11-7-30(8-12-36)14-16-48/h5-12,17-24,41-42H,13-16H2,1-4H3,(H,51,61)(H,52,62)(H,53,63)(H,54,64). The number of halogens is 4. The van der Waals surface area contributed by atoms with E-state index in [0.29, 0.717) is 52.8 Å². The van der Waals surface area contributed by atoms with E-state index in [1.807, 2.05) is 24.3 Å². The molecule has 0 saturated carbocycles. The predicted molar refractivity (Wildman–Crippen MR) is 252 cm³/mol. The van der Waals surface area contributed by atoms with Gasteiger partial charge in [-0.1, -0.05) is 47.5 Å². The Morgan fingerprint density at radius 1 is 0.516 bits per heavy atom. The molecule has 0 spiro atoms. The van der Waals surface area contributed by atoms with Gasteiger partial charge in [-0.25, -0.2) is 0 Å². The fourth-order valence-corrected chi connectivity index (χ4v) is 7.08. The molecule has 0 aliphatic heterocycles. The van der Waals surface area contributed by atoms with Crippen molar-refractivity contribution >= 4 is 116 Å². The second kappa shape index (κ2) is 22.9. The zero-order valence-corrected chi connectivity index (χ0v) is 38.0. The van der Waals surface area contributed by atoms with Crippen molar-refractivity contribution in [1.29, 1.82) is 0 Å². The van der Waals surface area contributed by atoms with E-state index in [0.717, 1.165) is 11.1 Å². The van der Waals surface area contributed by atoms with Crippen LogP contribution in [-0.4, -0.2) is 59.0 Å². The molecule has 64 heavy (non-hydrogen) atoms. The first-order valence-corrected chi connectivity index (χ1v) is 21.4. The number of Topliss-reactive ketones (excluding diaryl/α,β-unsaturated/α-hetero) is 2. The van der Waals surface area contributed by atoms with Crippen LogP contribution in [0.15, 0.2) is 118 Å². The van der Waals surface area contributed by atoms with Crippen LogP contribution in [0.5, 0.6) is 0 Å². The Labute approximate surface area is 389 Å². The molecule has 0 radical (unpaired) electrons. The van der Waals surface area contributed by atoms with Crippen molar-refractivity contribution in [2.24, 2.45) is 20.5 Å². The number of carbonyl (C=O) groups is 6. The van der Waals surface area contributed by atoms with Crippen LogP contribution in [0.1, 0.15) is 56.8 Å². The van der Waals surface area contributed by atoms with Gasteiger partial charge >= 0.3 is 0 Å². The summed E-state index contributed by atoms with van der Waals surface area (Å²) in [5.74, 6) is -2.78. The number of hydrogen-bond donors (Lipinski definition) is 4. The van der Waals surface area contributed by atoms with E-state index >= 15 is 0 Å². The summed E-state index contributed by atoms with van der Waals surface area (Å²) < 4.78 is 0. The first-order valence-electron chi connectivity index (χ1n) is 19.6. The third kappa shape index (κ3) is 13.8. The fraction of sp³-hybridized carbons (Fsp3) is 0.217. The van der Waals surface area contributed by atoms with Crippen LogP contribution in [0.4, 0.5) is 34.1 Å². The lowest BCUT2D eigenvalue weighted by molar-refractivity contribution is -0.127. The second-order valence-electron chi connectivity index (χ2n) is 14.5. The third-order valence-electron chi connectivity index (χ3n) is 9.37. The van der Waals surface area contributed by atoms with Crippen molar-refractivity contribution in [2.75, 3.05) is 33.0 Å². The highest BCUT2D eigenvalue weighted by Gasteiger charge is 2.26. The summed E-state index contributed by atoms with van der Waals surface area (Å²) in [5, 5.41) is 27.4. The van der Waals surface area contributed by atoms with Gasteiger partial charge in [0, 0.05) is 55.7 Å². The molecule has 2 unspecified atom stereocenters. The highest BCUT2D eigenvalue weighted by atomic mass is 35.5. The highest BCUT2D eigenvalue weighted by Crippen LogP contribution is 2.28. The molecule has 0 aliphatic carbocycles. The molecule has 0 saturated heterocycles. The number of carbonyl (C=O) groups excluding carboxylic acids is 6. The molecule has 0 heterocycles. The summed E-state index contributed by atoms with van der Waals surface area (Å²) in [5.41, 5.74) is 5.37. The van der Waals surface area contributed by atoms with E-state index in [1.54, 1.807) is 50.2 Å². The normalized spacial score (nSPS) is 12.1. The number of alkyl halides is 2. The molecular weight excluding hydrogens is 902 g/mol. The van der Waals surface area contributed by atoms with Gasteiger partial charge < -0.3 is 21.3 Å². The molecule has 14 nitrogen and oxygen atoms in total. The smallest absolute Gasteiger partial charge is 0.258 e. The van der Waals surface area contributed by atoms with Crippen LogP contribution in [0, 0.1) is 13.8 Å². The molecule has 330 valence electrons. The largest absolute Gasteiger partial charge is 0.324 e. The Balaban J connectivity index is 1.24. The van der Waals surface area contributed by atoms with Gasteiger partial charge in [0.25, 0.3) is 23.6 Å².